The number of aromatic nitrogens is 1. The summed E-state index contributed by atoms with van der Waals surface area (Å²) in [7, 11) is 3.91. The van der Waals surface area contributed by atoms with E-state index in [1.165, 1.54) is 12.8 Å². The van der Waals surface area contributed by atoms with E-state index in [-0.39, 0.29) is 5.91 Å². The van der Waals surface area contributed by atoms with E-state index in [0.717, 1.165) is 0 Å². The van der Waals surface area contributed by atoms with Crippen LogP contribution in [0.25, 0.3) is 0 Å². The van der Waals surface area contributed by atoms with Crippen molar-refractivity contribution in [3.63, 3.8) is 0 Å². The number of nitrogens with one attached hydrogen (secondary N) is 2. The fourth-order valence-corrected chi connectivity index (χ4v) is 2.04. The lowest BCUT2D eigenvalue weighted by molar-refractivity contribution is 0.0939. The van der Waals surface area contributed by atoms with Crippen molar-refractivity contribution in [2.45, 2.75) is 31.8 Å². The number of hydrogen-bond donors (Lipinski definition) is 2. The molecular formula is C14H22N4O. The fourth-order valence-electron chi connectivity index (χ4n) is 2.04. The summed E-state index contributed by atoms with van der Waals surface area (Å²) in [5.41, 5.74) is 0.639. The van der Waals surface area contributed by atoms with E-state index in [1.807, 2.05) is 0 Å². The number of carbonyl (C=O) groups excluding carboxylic acids is 1. The van der Waals surface area contributed by atoms with Crippen molar-refractivity contribution in [1.82, 2.24) is 15.2 Å². The maximum Gasteiger partial charge on any atom is 0.251 e. The van der Waals surface area contributed by atoms with Crippen molar-refractivity contribution in [2.75, 3.05) is 26.0 Å². The van der Waals surface area contributed by atoms with Gasteiger partial charge in [0, 0.05) is 37.4 Å². The maximum absolute atomic E-state index is 12.0. The summed E-state index contributed by atoms with van der Waals surface area (Å²) in [6.45, 7) is 2.81. The van der Waals surface area contributed by atoms with Crippen molar-refractivity contribution in [1.29, 1.82) is 0 Å². The van der Waals surface area contributed by atoms with E-state index in [1.54, 1.807) is 25.4 Å². The molecule has 1 aliphatic carbocycles. The third-order valence-electron chi connectivity index (χ3n) is 3.65. The van der Waals surface area contributed by atoms with Gasteiger partial charge in [-0.15, -0.1) is 0 Å². The molecule has 5 nitrogen and oxygen atoms in total. The van der Waals surface area contributed by atoms with Gasteiger partial charge in [-0.2, -0.15) is 0 Å². The molecule has 0 radical (unpaired) electrons. The molecule has 0 saturated heterocycles. The molecule has 0 aliphatic heterocycles. The van der Waals surface area contributed by atoms with Gasteiger partial charge in [-0.3, -0.25) is 9.69 Å². The molecule has 1 heterocycles. The van der Waals surface area contributed by atoms with Crippen LogP contribution >= 0.6 is 0 Å². The Morgan fingerprint density at radius 1 is 1.58 bits per heavy atom. The van der Waals surface area contributed by atoms with Crippen LogP contribution in [-0.4, -0.2) is 48.5 Å². The Balaban J connectivity index is 1.86. The van der Waals surface area contributed by atoms with Crippen LogP contribution in [0, 0.1) is 0 Å². The van der Waals surface area contributed by atoms with Gasteiger partial charge in [-0.05, 0) is 38.9 Å². The Bertz CT molecular complexity index is 445. The summed E-state index contributed by atoms with van der Waals surface area (Å²) >= 11 is 0. The van der Waals surface area contributed by atoms with Crippen molar-refractivity contribution in [3.8, 4) is 0 Å². The molecule has 1 aromatic heterocycles. The number of hydrogen-bond acceptors (Lipinski definition) is 4. The standard InChI is InChI=1S/C14H22N4O/c1-10(18(3)12-4-5-12)9-17-14(19)11-6-7-16-13(8-11)15-2/h6-8,10,12H,4-5,9H2,1-3H3,(H,15,16)(H,17,19). The van der Waals surface area contributed by atoms with Gasteiger partial charge in [0.05, 0.1) is 0 Å². The number of anilines is 1. The highest BCUT2D eigenvalue weighted by atomic mass is 16.1. The molecule has 0 aromatic carbocycles. The van der Waals surface area contributed by atoms with Gasteiger partial charge in [-0.25, -0.2) is 4.98 Å². The molecule has 2 rings (SSSR count). The molecule has 0 bridgehead atoms. The van der Waals surface area contributed by atoms with Crippen LogP contribution in [0.3, 0.4) is 0 Å². The number of carbonyl (C=O) groups is 1. The van der Waals surface area contributed by atoms with Gasteiger partial charge in [-0.1, -0.05) is 0 Å². The first-order chi connectivity index (χ1) is 9.11. The fraction of sp³-hybridized carbons (Fsp3) is 0.571. The first kappa shape index (κ1) is 13.8. The third kappa shape index (κ3) is 3.67. The second-order valence-electron chi connectivity index (χ2n) is 5.14. The second-order valence-corrected chi connectivity index (χ2v) is 5.14. The number of rotatable bonds is 6. The molecule has 19 heavy (non-hydrogen) atoms. The van der Waals surface area contributed by atoms with Crippen LogP contribution in [-0.2, 0) is 0 Å². The zero-order valence-electron chi connectivity index (χ0n) is 11.8. The van der Waals surface area contributed by atoms with E-state index >= 15 is 0 Å². The zero-order chi connectivity index (χ0) is 13.8. The Labute approximate surface area is 114 Å². The number of pyridine rings is 1. The smallest absolute Gasteiger partial charge is 0.251 e. The predicted molar refractivity (Wildman–Crippen MR) is 76.4 cm³/mol. The van der Waals surface area contributed by atoms with E-state index in [2.05, 4.69) is 34.5 Å². The lowest BCUT2D eigenvalue weighted by Crippen LogP contribution is -2.41. The lowest BCUT2D eigenvalue weighted by Gasteiger charge is -2.24. The normalized spacial score (nSPS) is 16.2. The summed E-state index contributed by atoms with van der Waals surface area (Å²) in [6.07, 6.45) is 4.20. The molecule has 0 spiro atoms. The van der Waals surface area contributed by atoms with Gasteiger partial charge < -0.3 is 10.6 Å². The molecular weight excluding hydrogens is 240 g/mol. The highest BCUT2D eigenvalue weighted by molar-refractivity contribution is 5.94. The summed E-state index contributed by atoms with van der Waals surface area (Å²) in [5, 5.41) is 5.91. The van der Waals surface area contributed by atoms with Crippen LogP contribution in [0.1, 0.15) is 30.1 Å². The Morgan fingerprint density at radius 3 is 2.95 bits per heavy atom. The minimum atomic E-state index is -0.0463. The maximum atomic E-state index is 12.0. The van der Waals surface area contributed by atoms with Crippen LogP contribution in [0.2, 0.25) is 0 Å². The molecule has 1 atom stereocenters. The molecule has 1 fully saturated rings. The number of nitrogens with zero attached hydrogens (tertiary/aromatic N) is 2. The highest BCUT2D eigenvalue weighted by Crippen LogP contribution is 2.26. The van der Waals surface area contributed by atoms with E-state index in [4.69, 9.17) is 0 Å². The molecule has 1 aliphatic rings. The summed E-state index contributed by atoms with van der Waals surface area (Å²) < 4.78 is 0. The first-order valence-electron chi connectivity index (χ1n) is 6.75. The minimum Gasteiger partial charge on any atom is -0.373 e. The molecule has 1 aromatic rings. The topological polar surface area (TPSA) is 57.3 Å². The van der Waals surface area contributed by atoms with Crippen molar-refractivity contribution in [2.24, 2.45) is 0 Å². The largest absolute Gasteiger partial charge is 0.373 e. The third-order valence-corrected chi connectivity index (χ3v) is 3.65. The van der Waals surface area contributed by atoms with E-state index in [0.29, 0.717) is 30.0 Å². The SMILES string of the molecule is CNc1cc(C(=O)NCC(C)N(C)C2CC2)ccn1. The average molecular weight is 262 g/mol. The van der Waals surface area contributed by atoms with Crippen LogP contribution in [0.5, 0.6) is 0 Å². The summed E-state index contributed by atoms with van der Waals surface area (Å²) in [4.78, 5) is 18.5. The number of likely N-dealkylation sites (N-methyl/N-ethyl adjacent to an activating group) is 1. The second kappa shape index (κ2) is 6.02. The van der Waals surface area contributed by atoms with Gasteiger partial charge in [0.25, 0.3) is 5.91 Å². The average Bonchev–Trinajstić information content (AvgIpc) is 3.28. The van der Waals surface area contributed by atoms with Crippen LogP contribution in [0.15, 0.2) is 18.3 Å². The van der Waals surface area contributed by atoms with Gasteiger partial charge in [0.2, 0.25) is 0 Å². The Hall–Kier alpha value is -1.62. The highest BCUT2D eigenvalue weighted by Gasteiger charge is 2.29. The zero-order valence-corrected chi connectivity index (χ0v) is 11.8. The van der Waals surface area contributed by atoms with Gasteiger partial charge in [0.15, 0.2) is 0 Å². The first-order valence-corrected chi connectivity index (χ1v) is 6.75. The molecule has 1 unspecified atom stereocenters. The van der Waals surface area contributed by atoms with Gasteiger partial charge in [0.1, 0.15) is 5.82 Å². The molecule has 1 amide bonds. The van der Waals surface area contributed by atoms with Crippen molar-refractivity contribution < 1.29 is 4.79 Å². The van der Waals surface area contributed by atoms with Crippen molar-refractivity contribution in [3.05, 3.63) is 23.9 Å². The van der Waals surface area contributed by atoms with Crippen LogP contribution < -0.4 is 10.6 Å². The minimum absolute atomic E-state index is 0.0463. The Kier molecular flexibility index (Phi) is 4.37. The molecule has 5 heteroatoms. The summed E-state index contributed by atoms with van der Waals surface area (Å²) in [5.74, 6) is 0.658. The molecule has 104 valence electrons. The monoisotopic (exact) mass is 262 g/mol. The van der Waals surface area contributed by atoms with Crippen LogP contribution in [0.4, 0.5) is 5.82 Å². The van der Waals surface area contributed by atoms with Crippen molar-refractivity contribution >= 4 is 11.7 Å². The van der Waals surface area contributed by atoms with Gasteiger partial charge >= 0.3 is 0 Å². The summed E-state index contributed by atoms with van der Waals surface area (Å²) in [6, 6.07) is 4.56. The number of amides is 1. The molecule has 2 N–H and O–H groups in total. The quantitative estimate of drug-likeness (QED) is 0.812. The Morgan fingerprint density at radius 2 is 2.32 bits per heavy atom. The predicted octanol–water partition coefficient (Wildman–Crippen LogP) is 1.34. The van der Waals surface area contributed by atoms with E-state index < -0.39 is 0 Å². The molecule has 1 saturated carbocycles. The van der Waals surface area contributed by atoms with E-state index in [9.17, 15) is 4.79 Å². The lowest BCUT2D eigenvalue weighted by atomic mass is 10.2.